The summed E-state index contributed by atoms with van der Waals surface area (Å²) in [6.07, 6.45) is -5.19. The molecule has 12 heteroatoms. The van der Waals surface area contributed by atoms with Crippen LogP contribution in [0.3, 0.4) is 0 Å². The summed E-state index contributed by atoms with van der Waals surface area (Å²) in [6.45, 7) is 2.87. The van der Waals surface area contributed by atoms with Gasteiger partial charge in [-0.1, -0.05) is 0 Å². The van der Waals surface area contributed by atoms with E-state index in [-0.39, 0.29) is 49.8 Å². The number of halogens is 3. The normalized spacial score (nSPS) is 14.4. The van der Waals surface area contributed by atoms with Crippen molar-refractivity contribution in [1.29, 1.82) is 0 Å². The summed E-state index contributed by atoms with van der Waals surface area (Å²) in [4.78, 5) is 32.0. The number of amides is 2. The molecular formula is C22H22F3N5O4. The van der Waals surface area contributed by atoms with Crippen LogP contribution in [0, 0.1) is 0 Å². The summed E-state index contributed by atoms with van der Waals surface area (Å²) in [5, 5.41) is 3.92. The zero-order chi connectivity index (χ0) is 24.5. The van der Waals surface area contributed by atoms with Gasteiger partial charge in [0.15, 0.2) is 17.0 Å². The molecule has 9 nitrogen and oxygen atoms in total. The molecule has 2 aromatic heterocycles. The molecule has 1 saturated heterocycles. The van der Waals surface area contributed by atoms with Crippen LogP contribution >= 0.6 is 0 Å². The lowest BCUT2D eigenvalue weighted by Crippen LogP contribution is -2.50. The van der Waals surface area contributed by atoms with Gasteiger partial charge in [-0.3, -0.25) is 4.79 Å². The van der Waals surface area contributed by atoms with Crippen LogP contribution < -0.4 is 4.74 Å². The van der Waals surface area contributed by atoms with Crippen LogP contribution in [-0.2, 0) is 10.9 Å². The van der Waals surface area contributed by atoms with Crippen LogP contribution in [0.5, 0.6) is 5.75 Å². The molecule has 1 aromatic carbocycles. The molecule has 0 spiro atoms. The van der Waals surface area contributed by atoms with Crippen LogP contribution in [0.15, 0.2) is 36.4 Å². The van der Waals surface area contributed by atoms with E-state index in [0.717, 1.165) is 6.07 Å². The number of ether oxygens (including phenoxy) is 2. The van der Waals surface area contributed by atoms with E-state index in [1.165, 1.54) is 23.0 Å². The minimum atomic E-state index is -4.72. The maximum absolute atomic E-state index is 13.8. The minimum Gasteiger partial charge on any atom is -0.497 e. The van der Waals surface area contributed by atoms with Gasteiger partial charge < -0.3 is 19.3 Å². The smallest absolute Gasteiger partial charge is 0.433 e. The van der Waals surface area contributed by atoms with Gasteiger partial charge in [-0.05, 0) is 37.3 Å². The number of nitrogens with zero attached hydrogens (tertiary/aromatic N) is 5. The second kappa shape index (κ2) is 9.20. The molecular weight excluding hydrogens is 455 g/mol. The van der Waals surface area contributed by atoms with Crippen molar-refractivity contribution >= 4 is 17.6 Å². The van der Waals surface area contributed by atoms with Crippen molar-refractivity contribution in [3.63, 3.8) is 0 Å². The highest BCUT2D eigenvalue weighted by Gasteiger charge is 2.36. The highest BCUT2D eigenvalue weighted by Crippen LogP contribution is 2.33. The molecule has 0 radical (unpaired) electrons. The Hall–Kier alpha value is -3.83. The Balaban J connectivity index is 1.63. The maximum Gasteiger partial charge on any atom is 0.433 e. The van der Waals surface area contributed by atoms with E-state index >= 15 is 0 Å². The fourth-order valence-electron chi connectivity index (χ4n) is 3.66. The van der Waals surface area contributed by atoms with Crippen molar-refractivity contribution in [2.45, 2.75) is 13.1 Å². The second-order valence-corrected chi connectivity index (χ2v) is 7.53. The van der Waals surface area contributed by atoms with Crippen molar-refractivity contribution in [3.8, 4) is 17.0 Å². The molecule has 4 rings (SSSR count). The fourth-order valence-corrected chi connectivity index (χ4v) is 3.66. The van der Waals surface area contributed by atoms with E-state index in [1.54, 1.807) is 31.2 Å². The highest BCUT2D eigenvalue weighted by molar-refractivity contribution is 5.93. The van der Waals surface area contributed by atoms with Gasteiger partial charge >= 0.3 is 12.3 Å². The predicted octanol–water partition coefficient (Wildman–Crippen LogP) is 3.34. The lowest BCUT2D eigenvalue weighted by molar-refractivity contribution is -0.142. The third kappa shape index (κ3) is 4.61. The SMILES string of the molecule is CCOC(=O)N1CCN(C(=O)c2cc3nc(-c4ccc(OC)cc4)cc(C(F)(F)F)n3n2)CC1. The van der Waals surface area contributed by atoms with E-state index in [0.29, 0.717) is 15.8 Å². The number of hydrogen-bond donors (Lipinski definition) is 0. The number of rotatable bonds is 4. The molecule has 2 amide bonds. The van der Waals surface area contributed by atoms with E-state index < -0.39 is 23.9 Å². The van der Waals surface area contributed by atoms with E-state index in [1.807, 2.05) is 0 Å². The van der Waals surface area contributed by atoms with E-state index in [2.05, 4.69) is 10.1 Å². The number of hydrogen-bond acceptors (Lipinski definition) is 6. The number of carbonyl (C=O) groups is 2. The summed E-state index contributed by atoms with van der Waals surface area (Å²) in [5.74, 6) is 0.0225. The Morgan fingerprint density at radius 2 is 1.68 bits per heavy atom. The summed E-state index contributed by atoms with van der Waals surface area (Å²) in [6, 6.07) is 8.58. The molecule has 0 saturated carbocycles. The molecule has 0 aliphatic carbocycles. The average molecular weight is 477 g/mol. The van der Waals surface area contributed by atoms with E-state index in [9.17, 15) is 22.8 Å². The van der Waals surface area contributed by atoms with Gasteiger partial charge in [-0.25, -0.2) is 14.3 Å². The number of fused-ring (bicyclic) bond motifs is 1. The molecule has 0 unspecified atom stereocenters. The van der Waals surface area contributed by atoms with Crippen molar-refractivity contribution < 1.29 is 32.2 Å². The first-order chi connectivity index (χ1) is 16.2. The van der Waals surface area contributed by atoms with Crippen LogP contribution in [0.2, 0.25) is 0 Å². The number of methoxy groups -OCH3 is 1. The standard InChI is InChI=1S/C22H22F3N5O4/c1-3-34-21(32)29-10-8-28(9-11-29)20(31)17-13-19-26-16(14-4-6-15(33-2)7-5-14)12-18(22(23,24)25)30(19)27-17/h4-7,12-13H,3,8-11H2,1-2H3. The summed E-state index contributed by atoms with van der Waals surface area (Å²) in [7, 11) is 1.49. The monoisotopic (exact) mass is 477 g/mol. The molecule has 180 valence electrons. The van der Waals surface area contributed by atoms with Gasteiger partial charge in [0.05, 0.1) is 19.4 Å². The van der Waals surface area contributed by atoms with Crippen molar-refractivity contribution in [3.05, 3.63) is 47.8 Å². The van der Waals surface area contributed by atoms with Gasteiger partial charge in [-0.15, -0.1) is 0 Å². The molecule has 1 fully saturated rings. The zero-order valence-electron chi connectivity index (χ0n) is 18.5. The largest absolute Gasteiger partial charge is 0.497 e. The Morgan fingerprint density at radius 1 is 1.03 bits per heavy atom. The minimum absolute atomic E-state index is 0.0874. The summed E-state index contributed by atoms with van der Waals surface area (Å²) >= 11 is 0. The van der Waals surface area contributed by atoms with Crippen LogP contribution in [0.4, 0.5) is 18.0 Å². The predicted molar refractivity (Wildman–Crippen MR) is 114 cm³/mol. The van der Waals surface area contributed by atoms with Gasteiger partial charge in [0.25, 0.3) is 5.91 Å². The summed E-state index contributed by atoms with van der Waals surface area (Å²) < 4.78 is 52.2. The molecule has 1 aliphatic rings. The molecule has 3 aromatic rings. The maximum atomic E-state index is 13.8. The first-order valence-electron chi connectivity index (χ1n) is 10.5. The van der Waals surface area contributed by atoms with Crippen LogP contribution in [0.1, 0.15) is 23.1 Å². The van der Waals surface area contributed by atoms with Crippen molar-refractivity contribution in [2.75, 3.05) is 39.9 Å². The van der Waals surface area contributed by atoms with Crippen LogP contribution in [0.25, 0.3) is 16.9 Å². The van der Waals surface area contributed by atoms with Gasteiger partial charge in [-0.2, -0.15) is 18.3 Å². The summed E-state index contributed by atoms with van der Waals surface area (Å²) in [5.41, 5.74) is -0.763. The number of aromatic nitrogens is 3. The van der Waals surface area contributed by atoms with Gasteiger partial charge in [0.1, 0.15) is 5.75 Å². The number of carbonyl (C=O) groups excluding carboxylic acids is 2. The lowest BCUT2D eigenvalue weighted by Gasteiger charge is -2.33. The second-order valence-electron chi connectivity index (χ2n) is 7.53. The lowest BCUT2D eigenvalue weighted by atomic mass is 10.1. The Labute approximate surface area is 192 Å². The van der Waals surface area contributed by atoms with Crippen molar-refractivity contribution in [1.82, 2.24) is 24.4 Å². The number of benzene rings is 1. The Morgan fingerprint density at radius 3 is 2.26 bits per heavy atom. The Kier molecular flexibility index (Phi) is 6.31. The van der Waals surface area contributed by atoms with Crippen molar-refractivity contribution in [2.24, 2.45) is 0 Å². The van der Waals surface area contributed by atoms with E-state index in [4.69, 9.17) is 9.47 Å². The highest BCUT2D eigenvalue weighted by atomic mass is 19.4. The molecule has 3 heterocycles. The molecule has 1 aliphatic heterocycles. The topological polar surface area (TPSA) is 89.3 Å². The number of piperazine rings is 1. The quantitative estimate of drug-likeness (QED) is 0.573. The first-order valence-corrected chi connectivity index (χ1v) is 10.5. The third-order valence-electron chi connectivity index (χ3n) is 5.42. The van der Waals surface area contributed by atoms with Gasteiger partial charge in [0.2, 0.25) is 0 Å². The number of alkyl halides is 3. The fraction of sp³-hybridized carbons (Fsp3) is 0.364. The van der Waals surface area contributed by atoms with Gasteiger partial charge in [0, 0.05) is 37.8 Å². The first kappa shape index (κ1) is 23.3. The molecule has 0 bridgehead atoms. The molecule has 0 N–H and O–H groups in total. The zero-order valence-corrected chi connectivity index (χ0v) is 18.5. The molecule has 0 atom stereocenters. The average Bonchev–Trinajstić information content (AvgIpc) is 3.26. The van der Waals surface area contributed by atoms with Crippen LogP contribution in [-0.4, -0.2) is 76.3 Å². The Bertz CT molecular complexity index is 1200. The molecule has 34 heavy (non-hydrogen) atoms. The third-order valence-corrected chi connectivity index (χ3v) is 5.42.